The molecular formula is C100H156N2S3. The highest BCUT2D eigenvalue weighted by molar-refractivity contribution is 7.22. The lowest BCUT2D eigenvalue weighted by Gasteiger charge is -2.35. The molecule has 2 aliphatic rings. The standard InChI is InChI=1S/C100H156N2S3/c1-9-13-17-21-25-29-33-37-41-45-49-53-57-61-67-99(68-62-58-54-50-46-42-38-34-30-26-22-18-14-10-2)89-71-81-73-93(80(7)8)103-94(81)77-87(89)85-75-92-86(76-91(85)99)88-78-95-82(74-96(104-95)84-66-65-83(79(5)6)97-98(84)102-105-101-97)72-90(88)100(92,69-63-59-55-51-47-43-39-35-31-27-23-19-15-11-3)70-64-60-56-52-48-44-40-36-32-28-24-20-16-12-4/h65-66,71-80H,9-64,67-70H2,1-8H3. The van der Waals surface area contributed by atoms with Crippen molar-refractivity contribution in [3.8, 4) is 32.7 Å². The first-order chi connectivity index (χ1) is 51.7. The summed E-state index contributed by atoms with van der Waals surface area (Å²) in [6, 6.07) is 26.9. The van der Waals surface area contributed by atoms with Gasteiger partial charge in [0.15, 0.2) is 0 Å². The molecule has 0 saturated heterocycles. The van der Waals surface area contributed by atoms with E-state index in [4.69, 9.17) is 8.75 Å². The summed E-state index contributed by atoms with van der Waals surface area (Å²) in [7, 11) is 0. The van der Waals surface area contributed by atoms with E-state index < -0.39 is 0 Å². The van der Waals surface area contributed by atoms with Crippen LogP contribution in [0.5, 0.6) is 0 Å². The van der Waals surface area contributed by atoms with Crippen molar-refractivity contribution in [2.75, 3.05) is 0 Å². The van der Waals surface area contributed by atoms with Crippen LogP contribution in [-0.4, -0.2) is 8.75 Å². The molecule has 0 bridgehead atoms. The van der Waals surface area contributed by atoms with E-state index in [0.717, 1.165) is 11.0 Å². The third-order valence-electron chi connectivity index (χ3n) is 25.9. The maximum atomic E-state index is 5.05. The highest BCUT2D eigenvalue weighted by atomic mass is 32.1. The third-order valence-corrected chi connectivity index (χ3v) is 28.9. The van der Waals surface area contributed by atoms with Gasteiger partial charge in [0.25, 0.3) is 0 Å². The van der Waals surface area contributed by atoms with Crippen LogP contribution in [0.1, 0.15) is 485 Å². The van der Waals surface area contributed by atoms with Gasteiger partial charge in [-0.2, -0.15) is 8.75 Å². The summed E-state index contributed by atoms with van der Waals surface area (Å²) in [5.41, 5.74) is 17.9. The molecule has 584 valence electrons. The van der Waals surface area contributed by atoms with Gasteiger partial charge >= 0.3 is 0 Å². The van der Waals surface area contributed by atoms with Gasteiger partial charge in [-0.25, -0.2) is 0 Å². The van der Waals surface area contributed by atoms with E-state index in [1.54, 1.807) is 49.4 Å². The molecule has 0 atom stereocenters. The number of unbranched alkanes of at least 4 members (excludes halogenated alkanes) is 52. The monoisotopic (exact) mass is 1480 g/mol. The highest BCUT2D eigenvalue weighted by Gasteiger charge is 2.48. The Balaban J connectivity index is 1.05. The molecule has 0 unspecified atom stereocenters. The van der Waals surface area contributed by atoms with Crippen LogP contribution >= 0.6 is 34.4 Å². The fraction of sp³-hybridized carbons (Fsp3) is 0.720. The molecule has 0 radical (unpaired) electrons. The zero-order valence-electron chi connectivity index (χ0n) is 69.5. The molecule has 5 heteroatoms. The topological polar surface area (TPSA) is 25.8 Å². The SMILES string of the molecule is CCCCCCCCCCCCCCCCC1(CCCCCCCCCCCCCCCC)c2cc3c(cc2-c2cc4sc(-c5ccc(C(C)C)c6nsnc56)cc4cc21)C(CCCCCCCCCCCCCCCC)(CCCCCCCCCCCCCCCC)c1cc2cc(C(C)C)sc2cc1-3. The van der Waals surface area contributed by atoms with Gasteiger partial charge in [-0.1, -0.05) is 427 Å². The van der Waals surface area contributed by atoms with Crippen molar-refractivity contribution in [2.24, 2.45) is 0 Å². The molecule has 105 heavy (non-hydrogen) atoms. The fourth-order valence-corrected chi connectivity index (χ4v) is 22.1. The molecule has 3 aromatic heterocycles. The quantitative estimate of drug-likeness (QED) is 0.0355. The van der Waals surface area contributed by atoms with Gasteiger partial charge in [0.05, 0.1) is 11.7 Å². The average molecular weight is 1480 g/mol. The zero-order chi connectivity index (χ0) is 73.6. The van der Waals surface area contributed by atoms with Crippen LogP contribution in [-0.2, 0) is 10.8 Å². The van der Waals surface area contributed by atoms with Crippen molar-refractivity contribution in [1.82, 2.24) is 8.75 Å². The van der Waals surface area contributed by atoms with Crippen LogP contribution in [0.25, 0.3) is 63.9 Å². The summed E-state index contributed by atoms with van der Waals surface area (Å²) in [5.74, 6) is 0.943. The molecule has 0 amide bonds. The number of rotatable bonds is 63. The molecule has 4 aromatic carbocycles. The molecule has 0 fully saturated rings. The first-order valence-electron chi connectivity index (χ1n) is 46.3. The Hall–Kier alpha value is -3.38. The van der Waals surface area contributed by atoms with Crippen molar-refractivity contribution < 1.29 is 0 Å². The lowest BCUT2D eigenvalue weighted by molar-refractivity contribution is 0.393. The van der Waals surface area contributed by atoms with Crippen LogP contribution in [0.4, 0.5) is 0 Å². The van der Waals surface area contributed by atoms with Gasteiger partial charge in [0.2, 0.25) is 0 Å². The molecule has 0 saturated carbocycles. The van der Waals surface area contributed by atoms with Crippen LogP contribution in [0.2, 0.25) is 0 Å². The first-order valence-corrected chi connectivity index (χ1v) is 48.7. The van der Waals surface area contributed by atoms with Gasteiger partial charge < -0.3 is 0 Å². The zero-order valence-corrected chi connectivity index (χ0v) is 71.9. The number of nitrogens with zero attached hydrogens (tertiary/aromatic N) is 2. The fourth-order valence-electron chi connectivity index (χ4n) is 19.3. The van der Waals surface area contributed by atoms with Crippen molar-refractivity contribution in [3.63, 3.8) is 0 Å². The van der Waals surface area contributed by atoms with E-state index in [2.05, 4.69) is 127 Å². The van der Waals surface area contributed by atoms with E-state index in [1.165, 1.54) is 433 Å². The summed E-state index contributed by atoms with van der Waals surface area (Å²) >= 11 is 5.49. The van der Waals surface area contributed by atoms with Crippen molar-refractivity contribution in [1.29, 1.82) is 0 Å². The summed E-state index contributed by atoms with van der Waals surface area (Å²) in [5, 5.41) is 2.94. The van der Waals surface area contributed by atoms with Crippen LogP contribution in [0, 0.1) is 0 Å². The molecular weight excluding hydrogens is 1330 g/mol. The van der Waals surface area contributed by atoms with E-state index in [9.17, 15) is 0 Å². The molecule has 7 aromatic rings. The van der Waals surface area contributed by atoms with Gasteiger partial charge in [-0.3, -0.25) is 0 Å². The minimum atomic E-state index is -0.0260. The normalized spacial score (nSPS) is 13.7. The molecule has 2 aliphatic carbocycles. The van der Waals surface area contributed by atoms with Gasteiger partial charge in [0.1, 0.15) is 11.0 Å². The highest BCUT2D eigenvalue weighted by Crippen LogP contribution is 2.63. The molecule has 0 aliphatic heterocycles. The van der Waals surface area contributed by atoms with E-state index in [1.807, 2.05) is 11.3 Å². The Morgan fingerprint density at radius 2 is 0.543 bits per heavy atom. The first kappa shape index (κ1) is 85.6. The number of benzene rings is 4. The lowest BCUT2D eigenvalue weighted by Crippen LogP contribution is -2.27. The average Bonchev–Trinajstić information content (AvgIpc) is 1.52. The summed E-state index contributed by atoms with van der Waals surface area (Å²) in [6.07, 6.45) is 83.8. The summed E-state index contributed by atoms with van der Waals surface area (Å²) in [6.45, 7) is 18.8. The second kappa shape index (κ2) is 48.4. The predicted molar refractivity (Wildman–Crippen MR) is 474 cm³/mol. The number of thiophene rings is 2. The van der Waals surface area contributed by atoms with Gasteiger partial charge in [0, 0.05) is 35.5 Å². The molecule has 3 heterocycles. The predicted octanol–water partition coefficient (Wildman–Crippen LogP) is 36.1. The number of fused-ring (bicyclic) bond motifs is 9. The molecule has 9 rings (SSSR count). The van der Waals surface area contributed by atoms with E-state index >= 15 is 0 Å². The summed E-state index contributed by atoms with van der Waals surface area (Å²) in [4.78, 5) is 2.89. The number of hydrogen-bond acceptors (Lipinski definition) is 5. The molecule has 2 nitrogen and oxygen atoms in total. The van der Waals surface area contributed by atoms with Crippen LogP contribution in [0.3, 0.4) is 0 Å². The van der Waals surface area contributed by atoms with Crippen LogP contribution < -0.4 is 0 Å². The van der Waals surface area contributed by atoms with E-state index in [0.29, 0.717) is 11.8 Å². The Kier molecular flexibility index (Phi) is 39.5. The third kappa shape index (κ3) is 25.6. The van der Waals surface area contributed by atoms with E-state index in [-0.39, 0.29) is 10.8 Å². The van der Waals surface area contributed by atoms with Crippen molar-refractivity contribution >= 4 is 65.6 Å². The Morgan fingerprint density at radius 1 is 0.267 bits per heavy atom. The maximum Gasteiger partial charge on any atom is 0.113 e. The second-order valence-electron chi connectivity index (χ2n) is 35.1. The Bertz CT molecular complexity index is 3430. The maximum absolute atomic E-state index is 5.05. The lowest BCUT2D eigenvalue weighted by atomic mass is 9.68. The van der Waals surface area contributed by atoms with Crippen molar-refractivity contribution in [2.45, 2.75) is 463 Å². The smallest absolute Gasteiger partial charge is 0.113 e. The largest absolute Gasteiger partial charge is 0.173 e. The van der Waals surface area contributed by atoms with Crippen LogP contribution in [0.15, 0.2) is 60.7 Å². The van der Waals surface area contributed by atoms with Gasteiger partial charge in [-0.05, 0) is 147 Å². The van der Waals surface area contributed by atoms with Gasteiger partial charge in [-0.15, -0.1) is 22.7 Å². The molecule has 0 spiro atoms. The number of hydrogen-bond donors (Lipinski definition) is 0. The number of aromatic nitrogens is 2. The summed E-state index contributed by atoms with van der Waals surface area (Å²) < 4.78 is 12.9. The Labute approximate surface area is 659 Å². The molecule has 0 N–H and O–H groups in total. The minimum absolute atomic E-state index is 0.00600. The Morgan fingerprint density at radius 3 is 0.857 bits per heavy atom. The van der Waals surface area contributed by atoms with Crippen molar-refractivity contribution in [3.05, 3.63) is 93.4 Å². The second-order valence-corrected chi connectivity index (χ2v) is 37.8. The minimum Gasteiger partial charge on any atom is -0.173 e.